The number of nitrogens with zero attached hydrogens (tertiary/aromatic N) is 1. The van der Waals surface area contributed by atoms with Crippen molar-refractivity contribution in [1.82, 2.24) is 4.31 Å². The fourth-order valence-corrected chi connectivity index (χ4v) is 3.60. The van der Waals surface area contributed by atoms with Crippen LogP contribution in [0.3, 0.4) is 0 Å². The van der Waals surface area contributed by atoms with E-state index in [1.54, 1.807) is 20.8 Å². The smallest absolute Gasteiger partial charge is 0.304 e. The molecule has 0 saturated heterocycles. The van der Waals surface area contributed by atoms with Crippen molar-refractivity contribution in [2.24, 2.45) is 0 Å². The molecule has 0 saturated carbocycles. The second-order valence-electron chi connectivity index (χ2n) is 5.06. The lowest BCUT2D eigenvalue weighted by molar-refractivity contribution is -0.137. The van der Waals surface area contributed by atoms with Gasteiger partial charge in [0.15, 0.2) is 0 Å². The van der Waals surface area contributed by atoms with Gasteiger partial charge in [-0.3, -0.25) is 4.79 Å². The van der Waals surface area contributed by atoms with E-state index in [0.29, 0.717) is 6.42 Å². The molecule has 0 fully saturated rings. The first kappa shape index (κ1) is 16.4. The predicted octanol–water partition coefficient (Wildman–Crippen LogP) is 1.69. The summed E-state index contributed by atoms with van der Waals surface area (Å²) < 4.78 is 25.5. The molecule has 0 aliphatic carbocycles. The van der Waals surface area contributed by atoms with E-state index in [1.807, 2.05) is 6.92 Å². The fourth-order valence-electron chi connectivity index (χ4n) is 1.53. The second-order valence-corrected chi connectivity index (χ2v) is 7.07. The molecule has 0 aliphatic heterocycles. The zero-order valence-electron chi connectivity index (χ0n) is 11.1. The van der Waals surface area contributed by atoms with Gasteiger partial charge in [0, 0.05) is 12.1 Å². The van der Waals surface area contributed by atoms with Crippen molar-refractivity contribution in [3.63, 3.8) is 0 Å². The summed E-state index contributed by atoms with van der Waals surface area (Å²) in [7, 11) is -3.37. The van der Waals surface area contributed by atoms with E-state index in [2.05, 4.69) is 0 Å². The molecular weight excluding hydrogens is 242 g/mol. The van der Waals surface area contributed by atoms with Crippen LogP contribution in [0.15, 0.2) is 0 Å². The number of sulfonamides is 1. The van der Waals surface area contributed by atoms with Gasteiger partial charge in [-0.1, -0.05) is 13.3 Å². The Balaban J connectivity index is 4.86. The monoisotopic (exact) mass is 265 g/mol. The van der Waals surface area contributed by atoms with Crippen molar-refractivity contribution in [2.75, 3.05) is 12.3 Å². The SMILES string of the molecule is CCCCS(=O)(=O)N(CCC(=O)O)C(C)(C)C. The quantitative estimate of drug-likeness (QED) is 0.760. The van der Waals surface area contributed by atoms with E-state index in [1.165, 1.54) is 4.31 Å². The maximum absolute atomic E-state index is 12.1. The number of carboxylic acid groups (broad SMARTS) is 1. The van der Waals surface area contributed by atoms with Crippen LogP contribution < -0.4 is 0 Å². The van der Waals surface area contributed by atoms with E-state index in [9.17, 15) is 13.2 Å². The van der Waals surface area contributed by atoms with Crippen molar-refractivity contribution in [3.8, 4) is 0 Å². The third-order valence-electron chi connectivity index (χ3n) is 2.37. The molecule has 0 aromatic heterocycles. The highest BCUT2D eigenvalue weighted by atomic mass is 32.2. The highest BCUT2D eigenvalue weighted by molar-refractivity contribution is 7.89. The van der Waals surface area contributed by atoms with Crippen molar-refractivity contribution < 1.29 is 18.3 Å². The number of aliphatic carboxylic acids is 1. The summed E-state index contributed by atoms with van der Waals surface area (Å²) in [6, 6.07) is 0. The molecule has 0 spiro atoms. The molecule has 0 rings (SSSR count). The second kappa shape index (κ2) is 6.35. The Morgan fingerprint density at radius 3 is 2.18 bits per heavy atom. The van der Waals surface area contributed by atoms with Gasteiger partial charge in [-0.05, 0) is 27.2 Å². The molecule has 17 heavy (non-hydrogen) atoms. The molecule has 5 nitrogen and oxygen atoms in total. The van der Waals surface area contributed by atoms with Crippen LogP contribution in [0.5, 0.6) is 0 Å². The molecule has 0 aromatic carbocycles. The van der Waals surface area contributed by atoms with Gasteiger partial charge in [-0.15, -0.1) is 0 Å². The lowest BCUT2D eigenvalue weighted by Crippen LogP contribution is -2.47. The molecule has 0 heterocycles. The summed E-state index contributed by atoms with van der Waals surface area (Å²) in [4.78, 5) is 10.6. The van der Waals surface area contributed by atoms with Crippen molar-refractivity contribution in [1.29, 1.82) is 0 Å². The Labute approximate surface area is 104 Å². The van der Waals surface area contributed by atoms with Gasteiger partial charge in [0.05, 0.1) is 12.2 Å². The van der Waals surface area contributed by atoms with Crippen LogP contribution in [0.1, 0.15) is 47.0 Å². The summed E-state index contributed by atoms with van der Waals surface area (Å²) in [6.07, 6.45) is 1.24. The Hall–Kier alpha value is -0.620. The number of rotatable bonds is 7. The Kier molecular flexibility index (Phi) is 6.12. The molecule has 102 valence electrons. The highest BCUT2D eigenvalue weighted by Crippen LogP contribution is 2.19. The largest absolute Gasteiger partial charge is 0.481 e. The van der Waals surface area contributed by atoms with E-state index in [-0.39, 0.29) is 18.7 Å². The van der Waals surface area contributed by atoms with Crippen LogP contribution in [-0.4, -0.2) is 41.6 Å². The van der Waals surface area contributed by atoms with Gasteiger partial charge in [0.2, 0.25) is 10.0 Å². The van der Waals surface area contributed by atoms with E-state index in [4.69, 9.17) is 5.11 Å². The topological polar surface area (TPSA) is 74.7 Å². The Morgan fingerprint density at radius 2 is 1.82 bits per heavy atom. The van der Waals surface area contributed by atoms with Crippen molar-refractivity contribution in [3.05, 3.63) is 0 Å². The lowest BCUT2D eigenvalue weighted by atomic mass is 10.1. The Morgan fingerprint density at radius 1 is 1.29 bits per heavy atom. The minimum absolute atomic E-state index is 0.0326. The maximum atomic E-state index is 12.1. The number of carboxylic acids is 1. The van der Waals surface area contributed by atoms with Crippen LogP contribution in [0.2, 0.25) is 0 Å². The molecule has 0 aliphatic rings. The first-order valence-electron chi connectivity index (χ1n) is 5.83. The molecule has 0 bridgehead atoms. The molecule has 0 aromatic rings. The highest BCUT2D eigenvalue weighted by Gasteiger charge is 2.32. The minimum Gasteiger partial charge on any atom is -0.481 e. The third kappa shape index (κ3) is 6.02. The lowest BCUT2D eigenvalue weighted by Gasteiger charge is -2.34. The van der Waals surface area contributed by atoms with Crippen LogP contribution in [-0.2, 0) is 14.8 Å². The fraction of sp³-hybridized carbons (Fsp3) is 0.909. The molecule has 1 N–H and O–H groups in total. The predicted molar refractivity (Wildman–Crippen MR) is 67.4 cm³/mol. The molecule has 0 atom stereocenters. The molecule has 6 heteroatoms. The summed E-state index contributed by atoms with van der Waals surface area (Å²) in [5, 5.41) is 8.65. The molecular formula is C11H23NO4S. The molecule has 0 amide bonds. The minimum atomic E-state index is -3.37. The van der Waals surface area contributed by atoms with Gasteiger partial charge in [-0.25, -0.2) is 8.42 Å². The van der Waals surface area contributed by atoms with Gasteiger partial charge < -0.3 is 5.11 Å². The number of hydrogen-bond donors (Lipinski definition) is 1. The average Bonchev–Trinajstić information content (AvgIpc) is 2.11. The van der Waals surface area contributed by atoms with Crippen molar-refractivity contribution >= 4 is 16.0 Å². The van der Waals surface area contributed by atoms with Gasteiger partial charge in [0.25, 0.3) is 0 Å². The van der Waals surface area contributed by atoms with Crippen LogP contribution in [0, 0.1) is 0 Å². The van der Waals surface area contributed by atoms with Gasteiger partial charge >= 0.3 is 5.97 Å². The average molecular weight is 265 g/mol. The number of unbranched alkanes of at least 4 members (excludes halogenated alkanes) is 1. The number of carbonyl (C=O) groups is 1. The zero-order chi connectivity index (χ0) is 13.7. The van der Waals surface area contributed by atoms with E-state index >= 15 is 0 Å². The molecule has 0 unspecified atom stereocenters. The zero-order valence-corrected chi connectivity index (χ0v) is 11.9. The first-order valence-corrected chi connectivity index (χ1v) is 7.44. The summed E-state index contributed by atoms with van der Waals surface area (Å²) in [5.41, 5.74) is -0.581. The van der Waals surface area contributed by atoms with Crippen LogP contribution in [0.25, 0.3) is 0 Å². The van der Waals surface area contributed by atoms with Gasteiger partial charge in [-0.2, -0.15) is 4.31 Å². The summed E-state index contributed by atoms with van der Waals surface area (Å²) in [5.74, 6) is -0.898. The summed E-state index contributed by atoms with van der Waals surface area (Å²) >= 11 is 0. The van der Waals surface area contributed by atoms with Crippen LogP contribution >= 0.6 is 0 Å². The normalized spacial score (nSPS) is 13.0. The van der Waals surface area contributed by atoms with Crippen molar-refractivity contribution in [2.45, 2.75) is 52.5 Å². The Bertz CT molecular complexity index is 343. The summed E-state index contributed by atoms with van der Waals surface area (Å²) in [6.45, 7) is 7.29. The first-order chi connectivity index (χ1) is 7.61. The maximum Gasteiger partial charge on any atom is 0.304 e. The van der Waals surface area contributed by atoms with Gasteiger partial charge in [0.1, 0.15) is 0 Å². The molecule has 0 radical (unpaired) electrons. The van der Waals surface area contributed by atoms with E-state index < -0.39 is 21.5 Å². The number of hydrogen-bond acceptors (Lipinski definition) is 3. The standard InChI is InChI=1S/C11H23NO4S/c1-5-6-9-17(15,16)12(11(2,3)4)8-7-10(13)14/h5-9H2,1-4H3,(H,13,14). The third-order valence-corrected chi connectivity index (χ3v) is 4.58. The van der Waals surface area contributed by atoms with Crippen LogP contribution in [0.4, 0.5) is 0 Å². The van der Waals surface area contributed by atoms with E-state index in [0.717, 1.165) is 6.42 Å².